The van der Waals surface area contributed by atoms with Gasteiger partial charge in [0.2, 0.25) is 23.7 Å². The van der Waals surface area contributed by atoms with Crippen LogP contribution in [0.2, 0.25) is 0 Å². The quantitative estimate of drug-likeness (QED) is 0.0460. The first-order chi connectivity index (χ1) is 35.0. The summed E-state index contributed by atoms with van der Waals surface area (Å²) in [6.07, 6.45) is 11.8. The molecule has 4 N–H and O–H groups in total. The van der Waals surface area contributed by atoms with Crippen LogP contribution < -0.4 is 26.4 Å². The number of Topliss-reactive ketones (excluding diaryl/α,β-unsaturated/α-hetero) is 1. The highest BCUT2D eigenvalue weighted by atomic mass is 32.1. The molecule has 3 aliphatic rings. The summed E-state index contributed by atoms with van der Waals surface area (Å²) >= 11 is 1.59. The molecule has 5 aromatic rings. The summed E-state index contributed by atoms with van der Waals surface area (Å²) in [6, 6.07) is 9.95. The maximum Gasteiger partial charge on any atom is 0.263 e. The van der Waals surface area contributed by atoms with Crippen molar-refractivity contribution < 1.29 is 24.3 Å². The number of pyridine rings is 2. The van der Waals surface area contributed by atoms with Crippen LogP contribution in [0.4, 0.5) is 17.5 Å². The Labute approximate surface area is 432 Å². The number of carbonyl (C=O) groups excluding carboxylic acids is 4. The molecule has 3 amide bonds. The van der Waals surface area contributed by atoms with Crippen LogP contribution in [0.5, 0.6) is 0 Å². The number of anilines is 3. The maximum atomic E-state index is 14.1. The van der Waals surface area contributed by atoms with Gasteiger partial charge in [0, 0.05) is 63.2 Å². The van der Waals surface area contributed by atoms with Gasteiger partial charge in [0.15, 0.2) is 5.78 Å². The van der Waals surface area contributed by atoms with E-state index < -0.39 is 23.6 Å². The van der Waals surface area contributed by atoms with Crippen molar-refractivity contribution in [1.29, 1.82) is 0 Å². The third-order valence-electron chi connectivity index (χ3n) is 14.9. The second-order valence-electron chi connectivity index (χ2n) is 21.4. The molecule has 1 saturated carbocycles. The van der Waals surface area contributed by atoms with Crippen molar-refractivity contribution in [2.45, 2.75) is 149 Å². The molecule has 390 valence electrons. The molecule has 1 aliphatic carbocycles. The molecule has 3 fully saturated rings. The summed E-state index contributed by atoms with van der Waals surface area (Å²) in [5.41, 5.74) is 6.30. The van der Waals surface area contributed by atoms with E-state index in [-0.39, 0.29) is 59.7 Å². The molecule has 0 bridgehead atoms. The van der Waals surface area contributed by atoms with Crippen molar-refractivity contribution in [3.8, 4) is 10.4 Å². The molecule has 4 aromatic heterocycles. The lowest BCUT2D eigenvalue weighted by Crippen LogP contribution is -2.57. The van der Waals surface area contributed by atoms with Gasteiger partial charge in [-0.1, -0.05) is 77.1 Å². The van der Waals surface area contributed by atoms with E-state index in [0.717, 1.165) is 111 Å². The molecule has 2 saturated heterocycles. The molecule has 18 heteroatoms. The Morgan fingerprint density at radius 2 is 1.59 bits per heavy atom. The van der Waals surface area contributed by atoms with Gasteiger partial charge in [-0.15, -0.1) is 11.3 Å². The van der Waals surface area contributed by atoms with E-state index in [9.17, 15) is 29.1 Å². The van der Waals surface area contributed by atoms with Crippen LogP contribution in [0.1, 0.15) is 145 Å². The molecular weight excluding hydrogens is 943 g/mol. The van der Waals surface area contributed by atoms with Crippen LogP contribution in [0.3, 0.4) is 0 Å². The number of nitrogens with zero attached hydrogens (tertiary/aromatic N) is 8. The smallest absolute Gasteiger partial charge is 0.263 e. The first-order valence-electron chi connectivity index (χ1n) is 26.2. The Morgan fingerprint density at radius 1 is 0.877 bits per heavy atom. The van der Waals surface area contributed by atoms with E-state index in [1.165, 1.54) is 11.8 Å². The number of aliphatic hydroxyl groups is 1. The van der Waals surface area contributed by atoms with Crippen molar-refractivity contribution in [1.82, 2.24) is 44.9 Å². The van der Waals surface area contributed by atoms with E-state index in [1.54, 1.807) is 29.0 Å². The zero-order valence-corrected chi connectivity index (χ0v) is 44.4. The number of benzene rings is 1. The summed E-state index contributed by atoms with van der Waals surface area (Å²) in [7, 11) is 0. The number of piperazine rings is 1. The van der Waals surface area contributed by atoms with Gasteiger partial charge in [0.05, 0.1) is 45.7 Å². The maximum absolute atomic E-state index is 14.1. The minimum absolute atomic E-state index is 0.00458. The molecule has 0 spiro atoms. The van der Waals surface area contributed by atoms with Gasteiger partial charge in [0.1, 0.15) is 23.5 Å². The van der Waals surface area contributed by atoms with Crippen molar-refractivity contribution in [3.05, 3.63) is 87.0 Å². The van der Waals surface area contributed by atoms with Gasteiger partial charge in [0.25, 0.3) is 5.56 Å². The first-order valence-corrected chi connectivity index (χ1v) is 27.1. The predicted molar refractivity (Wildman–Crippen MR) is 286 cm³/mol. The molecule has 4 atom stereocenters. The highest BCUT2D eigenvalue weighted by molar-refractivity contribution is 7.13. The summed E-state index contributed by atoms with van der Waals surface area (Å²) in [5, 5.41) is 20.7. The average Bonchev–Trinajstić information content (AvgIpc) is 4.15. The summed E-state index contributed by atoms with van der Waals surface area (Å²) in [4.78, 5) is 93.0. The third kappa shape index (κ3) is 12.6. The van der Waals surface area contributed by atoms with Crippen LogP contribution in [-0.2, 0) is 14.4 Å². The zero-order valence-electron chi connectivity index (χ0n) is 43.6. The van der Waals surface area contributed by atoms with Crippen molar-refractivity contribution in [2.24, 2.45) is 5.41 Å². The Bertz CT molecular complexity index is 2810. The molecule has 17 nitrogen and oxygen atoms in total. The Kier molecular flexibility index (Phi) is 17.0. The molecule has 8 rings (SSSR count). The number of ketones is 1. The van der Waals surface area contributed by atoms with Crippen LogP contribution >= 0.6 is 11.3 Å². The first kappa shape index (κ1) is 53.2. The fourth-order valence-electron chi connectivity index (χ4n) is 10.7. The highest BCUT2D eigenvalue weighted by Gasteiger charge is 2.44. The number of β-amino-alcohol motifs (C(OH)–C–C–N with tert-alkyl or cyclic N) is 1. The predicted octanol–water partition coefficient (Wildman–Crippen LogP) is 7.82. The number of aromatic nitrogens is 5. The van der Waals surface area contributed by atoms with Gasteiger partial charge in [-0.2, -0.15) is 4.98 Å². The minimum atomic E-state index is -0.857. The van der Waals surface area contributed by atoms with Crippen molar-refractivity contribution in [2.75, 3.05) is 49.5 Å². The second-order valence-corrected chi connectivity index (χ2v) is 22.2. The summed E-state index contributed by atoms with van der Waals surface area (Å²) in [6.45, 7) is 17.6. The van der Waals surface area contributed by atoms with Crippen LogP contribution in [-0.4, -0.2) is 120 Å². The number of nitrogens with one attached hydrogen (secondary N) is 3. The third-order valence-corrected chi connectivity index (χ3v) is 15.9. The summed E-state index contributed by atoms with van der Waals surface area (Å²) < 4.78 is 1.72. The standard InChI is InChI=1S/C55H73N11O6S/c1-34-43-31-57-54(62-50(43)66(40-15-12-13-16-40)52(71)47(34)37(4)67)60-45-23-22-41(30-56-45)64-27-25-63(26-28-64)24-14-10-8-9-11-17-46(69)61-49(55(5,6)7)53(72)65-32-42(68)29-44(65)51(70)59-35(2)38-18-20-39(21-19-38)48-36(3)58-33-73-48/h18-23,30-31,33,35,40,42,44,49,68H,8-17,24-29,32H2,1-7H3,(H,59,70)(H,61,69)(H,56,57,60,62)/t35-,42+,44-,49+/m0/s1. The minimum Gasteiger partial charge on any atom is -0.391 e. The molecule has 2 aliphatic heterocycles. The van der Waals surface area contributed by atoms with E-state index >= 15 is 0 Å². The lowest BCUT2D eigenvalue weighted by atomic mass is 9.85. The number of fused-ring (bicyclic) bond motifs is 1. The van der Waals surface area contributed by atoms with Gasteiger partial charge in [-0.3, -0.25) is 33.4 Å². The number of likely N-dealkylation sites (tertiary alicyclic amines) is 1. The molecule has 0 unspecified atom stereocenters. The van der Waals surface area contributed by atoms with Crippen molar-refractivity contribution in [3.63, 3.8) is 0 Å². The number of amides is 3. The fourth-order valence-corrected chi connectivity index (χ4v) is 11.5. The summed E-state index contributed by atoms with van der Waals surface area (Å²) in [5.74, 6) is -0.183. The van der Waals surface area contributed by atoms with E-state index in [1.807, 2.05) is 76.7 Å². The number of hydrogen-bond donors (Lipinski definition) is 4. The normalized spacial score (nSPS) is 18.5. The lowest BCUT2D eigenvalue weighted by Gasteiger charge is -2.36. The largest absolute Gasteiger partial charge is 0.391 e. The van der Waals surface area contributed by atoms with E-state index in [4.69, 9.17) is 4.98 Å². The Morgan fingerprint density at radius 3 is 2.25 bits per heavy atom. The lowest BCUT2D eigenvalue weighted by molar-refractivity contribution is -0.144. The second kappa shape index (κ2) is 23.4. The number of unbranched alkanes of at least 4 members (excludes halogenated alkanes) is 4. The average molecular weight is 1020 g/mol. The Hall–Kier alpha value is -6.11. The number of carbonyl (C=O) groups is 4. The fraction of sp³-hybridized carbons (Fsp3) is 0.545. The zero-order chi connectivity index (χ0) is 52.0. The number of rotatable bonds is 19. The molecular formula is C55H73N11O6S. The molecule has 6 heterocycles. The van der Waals surface area contributed by atoms with Crippen LogP contribution in [0.25, 0.3) is 21.5 Å². The number of thiazole rings is 1. The van der Waals surface area contributed by atoms with Crippen molar-refractivity contribution >= 4 is 63.3 Å². The number of aryl methyl sites for hydroxylation is 2. The van der Waals surface area contributed by atoms with Gasteiger partial charge < -0.3 is 30.9 Å². The number of aliphatic hydroxyl groups excluding tert-OH is 1. The van der Waals surface area contributed by atoms with E-state index in [0.29, 0.717) is 41.2 Å². The van der Waals surface area contributed by atoms with Crippen LogP contribution in [0.15, 0.2) is 59.1 Å². The van der Waals surface area contributed by atoms with E-state index in [2.05, 4.69) is 46.8 Å². The molecule has 73 heavy (non-hydrogen) atoms. The SMILES string of the molecule is CC(=O)c1c(C)c2cnc(Nc3ccc(N4CCN(CCCCCCCC(=O)N[C@H](C(=O)N5C[C@H](O)C[C@H]5C(=O)N[C@@H](C)c5ccc(-c6scnc6C)cc5)C(C)(C)C)CC4)cn3)nc2n(C2CCCC2)c1=O. The number of hydrogen-bond acceptors (Lipinski definition) is 14. The molecule has 1 aromatic carbocycles. The topological polar surface area (TPSA) is 208 Å². The van der Waals surface area contributed by atoms with Gasteiger partial charge in [-0.05, 0) is 94.2 Å². The monoisotopic (exact) mass is 1020 g/mol. The molecule has 0 radical (unpaired) electrons. The van der Waals surface area contributed by atoms with Gasteiger partial charge in [-0.25, -0.2) is 15.0 Å². The highest BCUT2D eigenvalue weighted by Crippen LogP contribution is 2.33. The van der Waals surface area contributed by atoms with Crippen LogP contribution in [0, 0.1) is 19.3 Å². The van der Waals surface area contributed by atoms with Gasteiger partial charge >= 0.3 is 0 Å². The Balaban J connectivity index is 0.738.